The van der Waals surface area contributed by atoms with E-state index in [1.165, 1.54) is 0 Å². The normalized spacial score (nSPS) is 9.62. The smallest absolute Gasteiger partial charge is 0.251 e. The molecular formula is C13H18N4O2S2. The Labute approximate surface area is 134 Å². The molecule has 0 spiro atoms. The van der Waals surface area contributed by atoms with Gasteiger partial charge in [0, 0.05) is 31.4 Å². The average molecular weight is 326 g/mol. The molecule has 0 unspecified atom stereocenters. The quantitative estimate of drug-likeness (QED) is 0.297. The van der Waals surface area contributed by atoms with E-state index in [-0.39, 0.29) is 17.6 Å². The van der Waals surface area contributed by atoms with E-state index in [0.717, 1.165) is 5.69 Å². The van der Waals surface area contributed by atoms with Gasteiger partial charge in [-0.1, -0.05) is 0 Å². The third kappa shape index (κ3) is 6.46. The van der Waals surface area contributed by atoms with Crippen molar-refractivity contribution in [2.24, 2.45) is 0 Å². The van der Waals surface area contributed by atoms with Gasteiger partial charge in [0.1, 0.15) is 0 Å². The molecule has 0 saturated heterocycles. The molecule has 0 aliphatic heterocycles. The molecular weight excluding hydrogens is 308 g/mol. The minimum Gasteiger partial charge on any atom is -0.361 e. The second-order valence-electron chi connectivity index (χ2n) is 4.05. The van der Waals surface area contributed by atoms with Crippen LogP contribution in [-0.4, -0.2) is 42.8 Å². The SMILES string of the molecule is CNC(=O)c1ccc(NC(=S)NCCNC(=O)CS)cc1. The van der Waals surface area contributed by atoms with Crippen LogP contribution < -0.4 is 21.3 Å². The zero-order chi connectivity index (χ0) is 15.7. The lowest BCUT2D eigenvalue weighted by Crippen LogP contribution is -2.37. The first-order valence-corrected chi connectivity index (χ1v) is 7.35. The van der Waals surface area contributed by atoms with Crippen LogP contribution in [-0.2, 0) is 4.79 Å². The van der Waals surface area contributed by atoms with E-state index in [0.29, 0.717) is 23.8 Å². The van der Waals surface area contributed by atoms with Crippen LogP contribution in [0.4, 0.5) is 5.69 Å². The van der Waals surface area contributed by atoms with Crippen molar-refractivity contribution < 1.29 is 9.59 Å². The fourth-order valence-corrected chi connectivity index (χ4v) is 1.79. The van der Waals surface area contributed by atoms with Crippen molar-refractivity contribution in [3.05, 3.63) is 29.8 Å². The van der Waals surface area contributed by atoms with Crippen LogP contribution in [0.3, 0.4) is 0 Å². The van der Waals surface area contributed by atoms with E-state index in [4.69, 9.17) is 12.2 Å². The van der Waals surface area contributed by atoms with Gasteiger partial charge in [-0.15, -0.1) is 0 Å². The third-order valence-electron chi connectivity index (χ3n) is 2.51. The summed E-state index contributed by atoms with van der Waals surface area (Å²) < 4.78 is 0. The van der Waals surface area contributed by atoms with E-state index < -0.39 is 0 Å². The molecule has 2 amide bonds. The Morgan fingerprint density at radius 3 is 2.33 bits per heavy atom. The molecule has 0 bridgehead atoms. The van der Waals surface area contributed by atoms with Crippen molar-refractivity contribution in [3.8, 4) is 0 Å². The molecule has 0 saturated carbocycles. The fourth-order valence-electron chi connectivity index (χ4n) is 1.46. The summed E-state index contributed by atoms with van der Waals surface area (Å²) in [5.41, 5.74) is 1.36. The summed E-state index contributed by atoms with van der Waals surface area (Å²) >= 11 is 8.98. The molecule has 4 N–H and O–H groups in total. The Balaban J connectivity index is 2.34. The standard InChI is InChI=1S/C13H18N4O2S2/c1-14-12(19)9-2-4-10(5-3-9)17-13(21)16-7-6-15-11(18)8-20/h2-5,20H,6-8H2,1H3,(H,14,19)(H,15,18)(H2,16,17,21). The summed E-state index contributed by atoms with van der Waals surface area (Å²) in [5, 5.41) is 11.6. The highest BCUT2D eigenvalue weighted by Gasteiger charge is 2.03. The van der Waals surface area contributed by atoms with Crippen molar-refractivity contribution in [1.82, 2.24) is 16.0 Å². The maximum Gasteiger partial charge on any atom is 0.251 e. The summed E-state index contributed by atoms with van der Waals surface area (Å²) in [5.74, 6) is -0.0913. The monoisotopic (exact) mass is 326 g/mol. The molecule has 0 fully saturated rings. The second-order valence-corrected chi connectivity index (χ2v) is 4.77. The molecule has 0 aliphatic carbocycles. The first-order chi connectivity index (χ1) is 10.1. The van der Waals surface area contributed by atoms with Gasteiger partial charge in [-0.05, 0) is 36.5 Å². The largest absolute Gasteiger partial charge is 0.361 e. The predicted octanol–water partition coefficient (Wildman–Crippen LogP) is 0.379. The molecule has 114 valence electrons. The van der Waals surface area contributed by atoms with Gasteiger partial charge in [0.25, 0.3) is 5.91 Å². The zero-order valence-corrected chi connectivity index (χ0v) is 13.3. The maximum absolute atomic E-state index is 11.4. The molecule has 6 nitrogen and oxygen atoms in total. The predicted molar refractivity (Wildman–Crippen MR) is 90.9 cm³/mol. The highest BCUT2D eigenvalue weighted by atomic mass is 32.1. The number of nitrogens with one attached hydrogen (secondary N) is 4. The van der Waals surface area contributed by atoms with Crippen molar-refractivity contribution in [2.45, 2.75) is 0 Å². The Kier molecular flexibility index (Phi) is 7.55. The molecule has 0 radical (unpaired) electrons. The number of thiol groups is 1. The minimum atomic E-state index is -0.137. The van der Waals surface area contributed by atoms with Gasteiger partial charge in [-0.25, -0.2) is 0 Å². The molecule has 1 aromatic carbocycles. The Morgan fingerprint density at radius 2 is 1.76 bits per heavy atom. The third-order valence-corrected chi connectivity index (χ3v) is 3.04. The molecule has 1 rings (SSSR count). The maximum atomic E-state index is 11.4. The zero-order valence-electron chi connectivity index (χ0n) is 11.6. The van der Waals surface area contributed by atoms with E-state index in [1.54, 1.807) is 31.3 Å². The number of rotatable bonds is 6. The van der Waals surface area contributed by atoms with E-state index in [1.807, 2.05) is 0 Å². The van der Waals surface area contributed by atoms with Crippen molar-refractivity contribution in [1.29, 1.82) is 0 Å². The Bertz CT molecular complexity index is 505. The van der Waals surface area contributed by atoms with Crippen molar-refractivity contribution in [2.75, 3.05) is 31.2 Å². The molecule has 21 heavy (non-hydrogen) atoms. The van der Waals surface area contributed by atoms with Crippen LogP contribution in [0, 0.1) is 0 Å². The Morgan fingerprint density at radius 1 is 1.14 bits per heavy atom. The number of benzene rings is 1. The molecule has 8 heteroatoms. The van der Waals surface area contributed by atoms with Gasteiger partial charge in [0.05, 0.1) is 5.75 Å². The first kappa shape index (κ1) is 17.3. The highest BCUT2D eigenvalue weighted by molar-refractivity contribution is 7.81. The number of carbonyl (C=O) groups excluding carboxylic acids is 2. The molecule has 0 atom stereocenters. The Hall–Kier alpha value is -1.80. The summed E-state index contributed by atoms with van der Waals surface area (Å²) in [6.07, 6.45) is 0. The first-order valence-electron chi connectivity index (χ1n) is 6.31. The van der Waals surface area contributed by atoms with E-state index in [2.05, 4.69) is 33.9 Å². The minimum absolute atomic E-state index is 0.121. The van der Waals surface area contributed by atoms with Gasteiger partial charge in [0.2, 0.25) is 5.91 Å². The molecule has 0 aliphatic rings. The summed E-state index contributed by atoms with van der Waals surface area (Å²) in [4.78, 5) is 22.4. The summed E-state index contributed by atoms with van der Waals surface area (Å²) in [6.45, 7) is 0.985. The number of hydrogen-bond donors (Lipinski definition) is 5. The van der Waals surface area contributed by atoms with Crippen LogP contribution in [0.15, 0.2) is 24.3 Å². The van der Waals surface area contributed by atoms with Gasteiger partial charge in [-0.3, -0.25) is 9.59 Å². The van der Waals surface area contributed by atoms with Gasteiger partial charge < -0.3 is 21.3 Å². The fraction of sp³-hybridized carbons (Fsp3) is 0.308. The topological polar surface area (TPSA) is 82.3 Å². The number of thiocarbonyl (C=S) groups is 1. The lowest BCUT2D eigenvalue weighted by atomic mass is 10.2. The summed E-state index contributed by atoms with van der Waals surface area (Å²) in [6, 6.07) is 6.94. The van der Waals surface area contributed by atoms with Crippen LogP contribution in [0.5, 0.6) is 0 Å². The number of amides is 2. The lowest BCUT2D eigenvalue weighted by Gasteiger charge is -2.11. The average Bonchev–Trinajstić information content (AvgIpc) is 2.51. The van der Waals surface area contributed by atoms with E-state index in [9.17, 15) is 9.59 Å². The van der Waals surface area contributed by atoms with Gasteiger partial charge >= 0.3 is 0 Å². The van der Waals surface area contributed by atoms with Crippen LogP contribution in [0.1, 0.15) is 10.4 Å². The van der Waals surface area contributed by atoms with E-state index >= 15 is 0 Å². The molecule has 0 aromatic heterocycles. The molecule has 0 heterocycles. The lowest BCUT2D eigenvalue weighted by molar-refractivity contribution is -0.118. The van der Waals surface area contributed by atoms with Crippen LogP contribution in [0.25, 0.3) is 0 Å². The highest BCUT2D eigenvalue weighted by Crippen LogP contribution is 2.09. The summed E-state index contributed by atoms with van der Waals surface area (Å²) in [7, 11) is 1.58. The molecule has 1 aromatic rings. The van der Waals surface area contributed by atoms with Gasteiger partial charge in [-0.2, -0.15) is 12.6 Å². The second kappa shape index (κ2) is 9.19. The van der Waals surface area contributed by atoms with Crippen LogP contribution in [0.2, 0.25) is 0 Å². The van der Waals surface area contributed by atoms with Gasteiger partial charge in [0.15, 0.2) is 5.11 Å². The number of anilines is 1. The van der Waals surface area contributed by atoms with Crippen molar-refractivity contribution in [3.63, 3.8) is 0 Å². The van der Waals surface area contributed by atoms with Crippen LogP contribution >= 0.6 is 24.8 Å². The van der Waals surface area contributed by atoms with Crippen molar-refractivity contribution >= 4 is 47.5 Å². The number of hydrogen-bond acceptors (Lipinski definition) is 4. The number of carbonyl (C=O) groups is 2.